The van der Waals surface area contributed by atoms with Crippen LogP contribution in [-0.2, 0) is 5.75 Å². The summed E-state index contributed by atoms with van der Waals surface area (Å²) in [6.45, 7) is 1.95. The smallest absolute Gasteiger partial charge is 0.174 e. The molecular formula is C11H11N5S3. The molecule has 3 rings (SSSR count). The molecule has 0 saturated heterocycles. The predicted molar refractivity (Wildman–Crippen MR) is 81.2 cm³/mol. The lowest BCUT2D eigenvalue weighted by Crippen LogP contribution is -1.99. The van der Waals surface area contributed by atoms with Gasteiger partial charge in [0.1, 0.15) is 21.5 Å². The van der Waals surface area contributed by atoms with Gasteiger partial charge in [-0.25, -0.2) is 9.97 Å². The number of rotatable bonds is 4. The summed E-state index contributed by atoms with van der Waals surface area (Å²) < 4.78 is 0.957. The fraction of sp³-hybridized carbons (Fsp3) is 0.273. The molecule has 0 spiro atoms. The molecule has 0 amide bonds. The van der Waals surface area contributed by atoms with Crippen molar-refractivity contribution >= 4 is 50.5 Å². The second-order valence-electron chi connectivity index (χ2n) is 3.75. The summed E-state index contributed by atoms with van der Waals surface area (Å²) in [5.74, 6) is 2.41. The van der Waals surface area contributed by atoms with Gasteiger partial charge in [-0.2, -0.15) is 0 Å². The van der Waals surface area contributed by atoms with Crippen LogP contribution in [0.3, 0.4) is 0 Å². The zero-order valence-electron chi connectivity index (χ0n) is 10.4. The number of aromatic nitrogens is 4. The van der Waals surface area contributed by atoms with Gasteiger partial charge in [0.15, 0.2) is 4.34 Å². The Hall–Kier alpha value is -1.25. The molecule has 0 atom stereocenters. The summed E-state index contributed by atoms with van der Waals surface area (Å²) >= 11 is 4.85. The highest BCUT2D eigenvalue weighted by Crippen LogP contribution is 2.28. The zero-order valence-corrected chi connectivity index (χ0v) is 12.8. The Balaban J connectivity index is 1.84. The maximum atomic E-state index is 4.57. The summed E-state index contributed by atoms with van der Waals surface area (Å²) in [4.78, 5) is 10.1. The van der Waals surface area contributed by atoms with Crippen LogP contribution in [0.1, 0.15) is 10.8 Å². The molecule has 98 valence electrons. The van der Waals surface area contributed by atoms with E-state index in [0.29, 0.717) is 5.75 Å². The number of aryl methyl sites for hydroxylation is 1. The van der Waals surface area contributed by atoms with E-state index in [2.05, 4.69) is 25.5 Å². The molecule has 0 aromatic carbocycles. The molecule has 0 fully saturated rings. The van der Waals surface area contributed by atoms with Gasteiger partial charge in [-0.15, -0.1) is 21.5 Å². The zero-order chi connectivity index (χ0) is 13.2. The minimum Gasteiger partial charge on any atom is -0.372 e. The van der Waals surface area contributed by atoms with Gasteiger partial charge in [0.05, 0.1) is 11.1 Å². The van der Waals surface area contributed by atoms with Gasteiger partial charge in [0.25, 0.3) is 0 Å². The molecule has 1 N–H and O–H groups in total. The van der Waals surface area contributed by atoms with Crippen LogP contribution in [-0.4, -0.2) is 27.2 Å². The number of thiophene rings is 1. The predicted octanol–water partition coefficient (Wildman–Crippen LogP) is 3.19. The largest absolute Gasteiger partial charge is 0.372 e. The van der Waals surface area contributed by atoms with Gasteiger partial charge in [-0.3, -0.25) is 0 Å². The molecule has 5 nitrogen and oxygen atoms in total. The lowest BCUT2D eigenvalue weighted by atomic mass is 10.4. The molecule has 0 radical (unpaired) electrons. The van der Waals surface area contributed by atoms with Crippen molar-refractivity contribution in [3.05, 3.63) is 22.3 Å². The highest BCUT2D eigenvalue weighted by atomic mass is 32.2. The molecule has 3 aromatic heterocycles. The third kappa shape index (κ3) is 2.70. The Bertz CT molecular complexity index is 705. The Morgan fingerprint density at radius 2 is 2.21 bits per heavy atom. The lowest BCUT2D eigenvalue weighted by molar-refractivity contribution is 0.981. The Morgan fingerprint density at radius 1 is 1.32 bits per heavy atom. The van der Waals surface area contributed by atoms with Crippen LogP contribution in [0.4, 0.5) is 5.82 Å². The van der Waals surface area contributed by atoms with E-state index in [1.54, 1.807) is 34.4 Å². The number of thioether (sulfide) groups is 1. The van der Waals surface area contributed by atoms with Gasteiger partial charge >= 0.3 is 0 Å². The number of hydrogen-bond donors (Lipinski definition) is 1. The van der Waals surface area contributed by atoms with Gasteiger partial charge in [0.2, 0.25) is 0 Å². The van der Waals surface area contributed by atoms with Crippen molar-refractivity contribution in [3.8, 4) is 0 Å². The molecule has 3 aromatic rings. The number of nitrogens with zero attached hydrogens (tertiary/aromatic N) is 4. The van der Waals surface area contributed by atoms with Gasteiger partial charge in [-0.05, 0) is 18.4 Å². The summed E-state index contributed by atoms with van der Waals surface area (Å²) in [6.07, 6.45) is 0. The average Bonchev–Trinajstić information content (AvgIpc) is 3.03. The van der Waals surface area contributed by atoms with Crippen LogP contribution in [0.15, 0.2) is 15.8 Å². The minimum atomic E-state index is 0.706. The summed E-state index contributed by atoms with van der Waals surface area (Å²) in [6, 6.07) is 2.04. The third-order valence-corrected chi connectivity index (χ3v) is 5.22. The van der Waals surface area contributed by atoms with E-state index in [0.717, 1.165) is 31.2 Å². The molecule has 0 unspecified atom stereocenters. The number of hydrogen-bond acceptors (Lipinski definition) is 8. The number of nitrogens with one attached hydrogen (secondary N) is 1. The van der Waals surface area contributed by atoms with Crippen LogP contribution < -0.4 is 5.32 Å². The van der Waals surface area contributed by atoms with E-state index in [1.165, 1.54) is 0 Å². The van der Waals surface area contributed by atoms with Crippen molar-refractivity contribution in [2.24, 2.45) is 0 Å². The molecular weight excluding hydrogens is 298 g/mol. The van der Waals surface area contributed by atoms with E-state index in [4.69, 9.17) is 0 Å². The molecule has 0 aliphatic heterocycles. The summed E-state index contributed by atoms with van der Waals surface area (Å²) in [5.41, 5.74) is 0. The first-order valence-electron chi connectivity index (χ1n) is 5.61. The van der Waals surface area contributed by atoms with E-state index in [-0.39, 0.29) is 0 Å². The maximum Gasteiger partial charge on any atom is 0.174 e. The van der Waals surface area contributed by atoms with Crippen molar-refractivity contribution in [3.63, 3.8) is 0 Å². The highest BCUT2D eigenvalue weighted by molar-refractivity contribution is 8.00. The monoisotopic (exact) mass is 309 g/mol. The number of fused-ring (bicyclic) bond motifs is 1. The highest BCUT2D eigenvalue weighted by Gasteiger charge is 2.09. The second-order valence-corrected chi connectivity index (χ2v) is 7.05. The molecule has 19 heavy (non-hydrogen) atoms. The van der Waals surface area contributed by atoms with Gasteiger partial charge in [0, 0.05) is 7.05 Å². The van der Waals surface area contributed by atoms with Crippen LogP contribution in [0.2, 0.25) is 0 Å². The second kappa shape index (κ2) is 5.40. The van der Waals surface area contributed by atoms with Crippen molar-refractivity contribution in [1.82, 2.24) is 20.2 Å². The Morgan fingerprint density at radius 3 is 2.95 bits per heavy atom. The van der Waals surface area contributed by atoms with Crippen molar-refractivity contribution < 1.29 is 0 Å². The standard InChI is InChI=1S/C11H11N5S3/c1-6-15-16-11(19-6)18-5-8-13-9(12-2)7-3-4-17-10(7)14-8/h3-4H,5H2,1-2H3,(H,12,13,14). The molecule has 0 saturated carbocycles. The van der Waals surface area contributed by atoms with Crippen molar-refractivity contribution in [2.75, 3.05) is 12.4 Å². The molecule has 0 bridgehead atoms. The third-order valence-electron chi connectivity index (χ3n) is 2.44. The maximum absolute atomic E-state index is 4.57. The first-order chi connectivity index (χ1) is 9.26. The van der Waals surface area contributed by atoms with Crippen LogP contribution in [0, 0.1) is 6.92 Å². The number of anilines is 1. The molecule has 0 aliphatic carbocycles. The SMILES string of the molecule is CNc1nc(CSc2nnc(C)s2)nc2sccc12. The normalized spacial score (nSPS) is 11.1. The lowest BCUT2D eigenvalue weighted by Gasteiger charge is -2.04. The van der Waals surface area contributed by atoms with E-state index in [1.807, 2.05) is 25.4 Å². The first-order valence-corrected chi connectivity index (χ1v) is 8.29. The molecule has 0 aliphatic rings. The van der Waals surface area contributed by atoms with Crippen molar-refractivity contribution in [1.29, 1.82) is 0 Å². The van der Waals surface area contributed by atoms with Crippen molar-refractivity contribution in [2.45, 2.75) is 17.0 Å². The van der Waals surface area contributed by atoms with E-state index < -0.39 is 0 Å². The fourth-order valence-corrected chi connectivity index (χ4v) is 4.07. The Labute approximate surface area is 122 Å². The Kier molecular flexibility index (Phi) is 3.63. The van der Waals surface area contributed by atoms with Gasteiger partial charge in [-0.1, -0.05) is 23.1 Å². The summed E-state index contributed by atoms with van der Waals surface area (Å²) in [5, 5.41) is 15.3. The van der Waals surface area contributed by atoms with E-state index in [9.17, 15) is 0 Å². The first kappa shape index (κ1) is 12.8. The van der Waals surface area contributed by atoms with Crippen LogP contribution in [0.5, 0.6) is 0 Å². The van der Waals surface area contributed by atoms with E-state index >= 15 is 0 Å². The average molecular weight is 309 g/mol. The quantitative estimate of drug-likeness (QED) is 0.747. The topological polar surface area (TPSA) is 63.6 Å². The van der Waals surface area contributed by atoms with Gasteiger partial charge < -0.3 is 5.32 Å². The minimum absolute atomic E-state index is 0.706. The van der Waals surface area contributed by atoms with Crippen LogP contribution in [0.25, 0.3) is 10.2 Å². The van der Waals surface area contributed by atoms with Crippen LogP contribution >= 0.6 is 34.4 Å². The summed E-state index contributed by atoms with van der Waals surface area (Å²) in [7, 11) is 1.88. The molecule has 3 heterocycles. The molecule has 8 heteroatoms. The fourth-order valence-electron chi connectivity index (χ4n) is 1.62.